The van der Waals surface area contributed by atoms with Crippen molar-refractivity contribution in [3.63, 3.8) is 0 Å². The molecule has 4 nitrogen and oxygen atoms in total. The Balaban J connectivity index is 2.66. The van der Waals surface area contributed by atoms with E-state index in [9.17, 15) is 4.79 Å². The van der Waals surface area contributed by atoms with E-state index >= 15 is 0 Å². The van der Waals surface area contributed by atoms with Gasteiger partial charge in [-0.2, -0.15) is 0 Å². The summed E-state index contributed by atoms with van der Waals surface area (Å²) in [6.45, 7) is 10.7. The van der Waals surface area contributed by atoms with Crippen molar-refractivity contribution < 1.29 is 4.79 Å². The molecule has 0 bridgehead atoms. The highest BCUT2D eigenvalue weighted by atomic mass is 32.1. The fourth-order valence-corrected chi connectivity index (χ4v) is 3.05. The lowest BCUT2D eigenvalue weighted by atomic mass is 10.1. The molecule has 0 aliphatic rings. The summed E-state index contributed by atoms with van der Waals surface area (Å²) < 4.78 is 0. The Kier molecular flexibility index (Phi) is 8.57. The molecule has 120 valence electrons. The molecule has 0 spiro atoms. The predicted molar refractivity (Wildman–Crippen MR) is 90.4 cm³/mol. The van der Waals surface area contributed by atoms with Gasteiger partial charge in [0, 0.05) is 18.0 Å². The number of amides is 1. The molecule has 1 heterocycles. The monoisotopic (exact) mass is 311 g/mol. The van der Waals surface area contributed by atoms with Gasteiger partial charge >= 0.3 is 0 Å². The second-order valence-electron chi connectivity index (χ2n) is 5.26. The number of hydrogen-bond acceptors (Lipinski definition) is 4. The smallest absolute Gasteiger partial charge is 0.239 e. The Morgan fingerprint density at radius 1 is 1.29 bits per heavy atom. The van der Waals surface area contributed by atoms with Gasteiger partial charge in [0.05, 0.1) is 12.6 Å². The molecule has 1 atom stereocenters. The molecule has 1 amide bonds. The first kappa shape index (κ1) is 18.1. The van der Waals surface area contributed by atoms with Gasteiger partial charge in [0.2, 0.25) is 5.91 Å². The third-order valence-electron chi connectivity index (χ3n) is 3.74. The molecule has 1 aromatic rings. The molecule has 5 heteroatoms. The van der Waals surface area contributed by atoms with Crippen LogP contribution in [0.5, 0.6) is 0 Å². The summed E-state index contributed by atoms with van der Waals surface area (Å²) in [5.74, 6) is 0.0809. The molecule has 0 fully saturated rings. The summed E-state index contributed by atoms with van der Waals surface area (Å²) in [5.41, 5.74) is 6.03. The van der Waals surface area contributed by atoms with E-state index in [0.717, 1.165) is 39.0 Å². The topological polar surface area (TPSA) is 49.6 Å². The van der Waals surface area contributed by atoms with Crippen LogP contribution >= 0.6 is 11.3 Å². The highest BCUT2D eigenvalue weighted by Gasteiger charge is 2.21. The third kappa shape index (κ3) is 6.16. The Bertz CT molecular complexity index is 390. The summed E-state index contributed by atoms with van der Waals surface area (Å²) in [7, 11) is 0. The van der Waals surface area contributed by atoms with E-state index in [1.807, 2.05) is 16.3 Å². The highest BCUT2D eigenvalue weighted by molar-refractivity contribution is 7.09. The van der Waals surface area contributed by atoms with Crippen LogP contribution in [0.25, 0.3) is 0 Å². The lowest BCUT2D eigenvalue weighted by Gasteiger charge is -2.28. The minimum absolute atomic E-state index is 0.0809. The van der Waals surface area contributed by atoms with E-state index in [2.05, 4.69) is 31.7 Å². The van der Waals surface area contributed by atoms with Gasteiger partial charge in [0.1, 0.15) is 0 Å². The summed E-state index contributed by atoms with van der Waals surface area (Å²) in [6.07, 6.45) is 1.70. The quantitative estimate of drug-likeness (QED) is 0.722. The van der Waals surface area contributed by atoms with Gasteiger partial charge in [0.25, 0.3) is 0 Å². The number of nitrogens with zero attached hydrogens (tertiary/aromatic N) is 2. The molecule has 0 aliphatic carbocycles. The van der Waals surface area contributed by atoms with Crippen molar-refractivity contribution in [1.82, 2.24) is 9.80 Å². The molecule has 1 aromatic heterocycles. The fourth-order valence-electron chi connectivity index (χ4n) is 2.33. The molecule has 0 radical (unpaired) electrons. The molecule has 1 unspecified atom stereocenters. The van der Waals surface area contributed by atoms with Crippen molar-refractivity contribution in [2.45, 2.75) is 46.2 Å². The number of nitrogens with two attached hydrogens (primary N) is 1. The van der Waals surface area contributed by atoms with Gasteiger partial charge in [-0.15, -0.1) is 11.3 Å². The SMILES string of the molecule is CCCC(N)C(=O)N(CCN(CC)CC)Cc1cccs1. The minimum atomic E-state index is -0.369. The molecule has 21 heavy (non-hydrogen) atoms. The summed E-state index contributed by atoms with van der Waals surface area (Å²) >= 11 is 1.69. The van der Waals surface area contributed by atoms with Crippen LogP contribution in [0, 0.1) is 0 Å². The van der Waals surface area contributed by atoms with Gasteiger partial charge < -0.3 is 15.5 Å². The van der Waals surface area contributed by atoms with E-state index in [4.69, 9.17) is 5.73 Å². The molecular weight excluding hydrogens is 282 g/mol. The van der Waals surface area contributed by atoms with Crippen molar-refractivity contribution in [2.75, 3.05) is 26.2 Å². The van der Waals surface area contributed by atoms with Crippen LogP contribution in [0.3, 0.4) is 0 Å². The average Bonchev–Trinajstić information content (AvgIpc) is 2.99. The van der Waals surface area contributed by atoms with Crippen LogP contribution < -0.4 is 5.73 Å². The first-order valence-corrected chi connectivity index (χ1v) is 8.79. The van der Waals surface area contributed by atoms with Crippen molar-refractivity contribution >= 4 is 17.2 Å². The van der Waals surface area contributed by atoms with Gasteiger partial charge in [-0.05, 0) is 31.0 Å². The van der Waals surface area contributed by atoms with E-state index in [1.165, 1.54) is 4.88 Å². The molecule has 0 saturated carbocycles. The average molecular weight is 311 g/mol. The third-order valence-corrected chi connectivity index (χ3v) is 4.60. The van der Waals surface area contributed by atoms with E-state index < -0.39 is 0 Å². The number of hydrogen-bond donors (Lipinski definition) is 1. The van der Waals surface area contributed by atoms with Gasteiger partial charge in [0.15, 0.2) is 0 Å². The lowest BCUT2D eigenvalue weighted by Crippen LogP contribution is -2.46. The van der Waals surface area contributed by atoms with Gasteiger partial charge in [-0.25, -0.2) is 0 Å². The Labute approximate surface area is 132 Å². The summed E-state index contributed by atoms with van der Waals surface area (Å²) in [6, 6.07) is 3.74. The van der Waals surface area contributed by atoms with Crippen molar-refractivity contribution in [2.24, 2.45) is 5.73 Å². The second kappa shape index (κ2) is 9.92. The zero-order valence-electron chi connectivity index (χ0n) is 13.5. The van der Waals surface area contributed by atoms with Crippen molar-refractivity contribution in [3.05, 3.63) is 22.4 Å². The van der Waals surface area contributed by atoms with Gasteiger partial charge in [-0.3, -0.25) is 4.79 Å². The molecular formula is C16H29N3OS. The van der Waals surface area contributed by atoms with Gasteiger partial charge in [-0.1, -0.05) is 33.3 Å². The molecule has 0 saturated heterocycles. The number of thiophene rings is 1. The molecule has 1 rings (SSSR count). The number of carbonyl (C=O) groups excluding carboxylic acids is 1. The Morgan fingerprint density at radius 3 is 2.52 bits per heavy atom. The Hall–Kier alpha value is -0.910. The number of carbonyl (C=O) groups is 1. The molecule has 0 aliphatic heterocycles. The van der Waals surface area contributed by atoms with Crippen LogP contribution in [-0.4, -0.2) is 47.9 Å². The fraction of sp³-hybridized carbons (Fsp3) is 0.688. The second-order valence-corrected chi connectivity index (χ2v) is 6.29. The minimum Gasteiger partial charge on any atom is -0.335 e. The van der Waals surface area contributed by atoms with E-state index in [-0.39, 0.29) is 11.9 Å². The number of likely N-dealkylation sites (N-methyl/N-ethyl adjacent to an activating group) is 1. The van der Waals surface area contributed by atoms with E-state index in [1.54, 1.807) is 11.3 Å². The van der Waals surface area contributed by atoms with Crippen LogP contribution in [-0.2, 0) is 11.3 Å². The normalized spacial score (nSPS) is 12.6. The maximum atomic E-state index is 12.5. The lowest BCUT2D eigenvalue weighted by molar-refractivity contribution is -0.133. The van der Waals surface area contributed by atoms with Crippen LogP contribution in [0.1, 0.15) is 38.5 Å². The van der Waals surface area contributed by atoms with Crippen LogP contribution in [0.15, 0.2) is 17.5 Å². The first-order chi connectivity index (χ1) is 10.1. The molecule has 2 N–H and O–H groups in total. The summed E-state index contributed by atoms with van der Waals surface area (Å²) in [4.78, 5) is 18.0. The van der Waals surface area contributed by atoms with Crippen LogP contribution in [0.2, 0.25) is 0 Å². The number of rotatable bonds is 10. The standard InChI is InChI=1S/C16H29N3OS/c1-4-8-15(17)16(20)19(11-10-18(5-2)6-3)13-14-9-7-12-21-14/h7,9,12,15H,4-6,8,10-11,13,17H2,1-3H3. The van der Waals surface area contributed by atoms with Crippen molar-refractivity contribution in [3.8, 4) is 0 Å². The zero-order valence-corrected chi connectivity index (χ0v) is 14.4. The van der Waals surface area contributed by atoms with Crippen LogP contribution in [0.4, 0.5) is 0 Å². The largest absolute Gasteiger partial charge is 0.335 e. The maximum Gasteiger partial charge on any atom is 0.239 e. The zero-order chi connectivity index (χ0) is 15.7. The summed E-state index contributed by atoms with van der Waals surface area (Å²) in [5, 5.41) is 2.05. The molecule has 0 aromatic carbocycles. The predicted octanol–water partition coefficient (Wildman–Crippen LogP) is 2.55. The highest BCUT2D eigenvalue weighted by Crippen LogP contribution is 2.13. The first-order valence-electron chi connectivity index (χ1n) is 7.91. The van der Waals surface area contributed by atoms with Crippen molar-refractivity contribution in [1.29, 1.82) is 0 Å². The Morgan fingerprint density at radius 2 is 2.00 bits per heavy atom. The maximum absolute atomic E-state index is 12.5. The van der Waals surface area contributed by atoms with E-state index in [0.29, 0.717) is 6.54 Å².